The average Bonchev–Trinajstić information content (AvgIpc) is 2.59. The Morgan fingerprint density at radius 1 is 1.57 bits per heavy atom. The van der Waals surface area contributed by atoms with Crippen LogP contribution in [0.3, 0.4) is 0 Å². The summed E-state index contributed by atoms with van der Waals surface area (Å²) in [7, 11) is 0. The molecule has 1 unspecified atom stereocenters. The Balaban J connectivity index is 2.28. The normalized spacial score (nSPS) is 13.1. The van der Waals surface area contributed by atoms with Gasteiger partial charge in [-0.3, -0.25) is 0 Å². The maximum Gasteiger partial charge on any atom is 0.0915 e. The standard InChI is InChI=1S/C10H15BrO2S/c1-2-5-13-6-3-9(12)10-8(11)4-7-14-10/h4,7,9,12H,2-3,5-6H2,1H3. The van der Waals surface area contributed by atoms with Gasteiger partial charge in [0.05, 0.1) is 6.10 Å². The van der Waals surface area contributed by atoms with Crippen molar-refractivity contribution in [3.8, 4) is 0 Å². The third kappa shape index (κ3) is 3.69. The first-order chi connectivity index (χ1) is 6.75. The van der Waals surface area contributed by atoms with Crippen molar-refractivity contribution in [2.45, 2.75) is 25.9 Å². The fourth-order valence-corrected chi connectivity index (χ4v) is 2.77. The summed E-state index contributed by atoms with van der Waals surface area (Å²) in [5.74, 6) is 0. The van der Waals surface area contributed by atoms with E-state index in [-0.39, 0.29) is 0 Å². The molecule has 0 aliphatic rings. The van der Waals surface area contributed by atoms with Gasteiger partial charge in [-0.05, 0) is 33.8 Å². The van der Waals surface area contributed by atoms with Crippen molar-refractivity contribution in [2.75, 3.05) is 13.2 Å². The topological polar surface area (TPSA) is 29.5 Å². The molecular formula is C10H15BrO2S. The van der Waals surface area contributed by atoms with Crippen LogP contribution in [0.25, 0.3) is 0 Å². The molecule has 1 heterocycles. The van der Waals surface area contributed by atoms with Gasteiger partial charge in [0.25, 0.3) is 0 Å². The van der Waals surface area contributed by atoms with Crippen LogP contribution in [-0.4, -0.2) is 18.3 Å². The Morgan fingerprint density at radius 3 is 2.93 bits per heavy atom. The molecule has 1 N–H and O–H groups in total. The summed E-state index contributed by atoms with van der Waals surface area (Å²) < 4.78 is 6.31. The third-order valence-electron chi connectivity index (χ3n) is 1.83. The van der Waals surface area contributed by atoms with Gasteiger partial charge < -0.3 is 9.84 Å². The lowest BCUT2D eigenvalue weighted by Gasteiger charge is -2.09. The van der Waals surface area contributed by atoms with Gasteiger partial charge >= 0.3 is 0 Å². The zero-order valence-electron chi connectivity index (χ0n) is 8.20. The van der Waals surface area contributed by atoms with Gasteiger partial charge in [0.15, 0.2) is 0 Å². The van der Waals surface area contributed by atoms with E-state index in [0.29, 0.717) is 13.0 Å². The van der Waals surface area contributed by atoms with E-state index in [1.54, 1.807) is 11.3 Å². The Hall–Kier alpha value is 0.100. The summed E-state index contributed by atoms with van der Waals surface area (Å²) >= 11 is 4.97. The molecule has 0 fully saturated rings. The molecule has 0 amide bonds. The van der Waals surface area contributed by atoms with Crippen LogP contribution >= 0.6 is 27.3 Å². The van der Waals surface area contributed by atoms with Crippen molar-refractivity contribution >= 4 is 27.3 Å². The van der Waals surface area contributed by atoms with Gasteiger partial charge in [0.1, 0.15) is 0 Å². The van der Waals surface area contributed by atoms with E-state index in [2.05, 4.69) is 22.9 Å². The monoisotopic (exact) mass is 278 g/mol. The lowest BCUT2D eigenvalue weighted by molar-refractivity contribution is 0.0834. The highest BCUT2D eigenvalue weighted by Crippen LogP contribution is 2.30. The first-order valence-electron chi connectivity index (χ1n) is 4.74. The molecule has 0 spiro atoms. The molecule has 4 heteroatoms. The Kier molecular flexibility index (Phi) is 5.70. The molecule has 0 saturated carbocycles. The van der Waals surface area contributed by atoms with E-state index < -0.39 is 6.10 Å². The second-order valence-electron chi connectivity index (χ2n) is 3.05. The van der Waals surface area contributed by atoms with Crippen molar-refractivity contribution in [3.05, 3.63) is 20.8 Å². The highest BCUT2D eigenvalue weighted by atomic mass is 79.9. The van der Waals surface area contributed by atoms with Gasteiger partial charge in [0.2, 0.25) is 0 Å². The summed E-state index contributed by atoms with van der Waals surface area (Å²) in [6.07, 6.45) is 1.29. The summed E-state index contributed by atoms with van der Waals surface area (Å²) in [6, 6.07) is 1.95. The van der Waals surface area contributed by atoms with Crippen molar-refractivity contribution in [1.82, 2.24) is 0 Å². The zero-order valence-corrected chi connectivity index (χ0v) is 10.6. The second kappa shape index (κ2) is 6.56. The fraction of sp³-hybridized carbons (Fsp3) is 0.600. The third-order valence-corrected chi connectivity index (χ3v) is 3.80. The number of ether oxygens (including phenoxy) is 1. The SMILES string of the molecule is CCCOCCC(O)c1sccc1Br. The molecule has 14 heavy (non-hydrogen) atoms. The zero-order chi connectivity index (χ0) is 10.4. The van der Waals surface area contributed by atoms with Crippen molar-refractivity contribution in [2.24, 2.45) is 0 Å². The van der Waals surface area contributed by atoms with Crippen LogP contribution in [0.15, 0.2) is 15.9 Å². The molecular weight excluding hydrogens is 264 g/mol. The second-order valence-corrected chi connectivity index (χ2v) is 4.85. The summed E-state index contributed by atoms with van der Waals surface area (Å²) in [6.45, 7) is 3.48. The number of hydrogen-bond acceptors (Lipinski definition) is 3. The Labute approximate surface area is 97.0 Å². The molecule has 0 bridgehead atoms. The van der Waals surface area contributed by atoms with Crippen LogP contribution in [0.1, 0.15) is 30.7 Å². The summed E-state index contributed by atoms with van der Waals surface area (Å²) in [5, 5.41) is 11.8. The molecule has 1 atom stereocenters. The molecule has 0 aliphatic carbocycles. The largest absolute Gasteiger partial charge is 0.387 e. The minimum Gasteiger partial charge on any atom is -0.387 e. The summed E-state index contributed by atoms with van der Waals surface area (Å²) in [4.78, 5) is 0.991. The highest BCUT2D eigenvalue weighted by molar-refractivity contribution is 9.10. The molecule has 1 aromatic rings. The summed E-state index contributed by atoms with van der Waals surface area (Å²) in [5.41, 5.74) is 0. The number of aliphatic hydroxyl groups excluding tert-OH is 1. The van der Waals surface area contributed by atoms with Crippen LogP contribution in [0, 0.1) is 0 Å². The molecule has 2 nitrogen and oxygen atoms in total. The minimum absolute atomic E-state index is 0.402. The molecule has 0 aromatic carbocycles. The van der Waals surface area contributed by atoms with Crippen molar-refractivity contribution in [3.63, 3.8) is 0 Å². The maximum absolute atomic E-state index is 9.79. The molecule has 0 aliphatic heterocycles. The maximum atomic E-state index is 9.79. The minimum atomic E-state index is -0.402. The number of aliphatic hydroxyl groups is 1. The molecule has 80 valence electrons. The van der Waals surface area contributed by atoms with E-state index in [1.807, 2.05) is 11.4 Å². The van der Waals surface area contributed by atoms with Crippen LogP contribution in [-0.2, 0) is 4.74 Å². The number of rotatable bonds is 6. The van der Waals surface area contributed by atoms with Crippen molar-refractivity contribution < 1.29 is 9.84 Å². The lowest BCUT2D eigenvalue weighted by atomic mass is 10.2. The number of hydrogen-bond donors (Lipinski definition) is 1. The van der Waals surface area contributed by atoms with Crippen LogP contribution in [0.5, 0.6) is 0 Å². The fourth-order valence-electron chi connectivity index (χ4n) is 1.12. The first kappa shape index (κ1) is 12.2. The van der Waals surface area contributed by atoms with Gasteiger partial charge in [-0.25, -0.2) is 0 Å². The molecule has 1 rings (SSSR count). The first-order valence-corrected chi connectivity index (χ1v) is 6.41. The molecule has 1 aromatic heterocycles. The number of halogens is 1. The number of thiophene rings is 1. The predicted molar refractivity (Wildman–Crippen MR) is 62.7 cm³/mol. The van der Waals surface area contributed by atoms with Crippen molar-refractivity contribution in [1.29, 1.82) is 0 Å². The van der Waals surface area contributed by atoms with E-state index in [0.717, 1.165) is 22.4 Å². The van der Waals surface area contributed by atoms with Crippen LogP contribution in [0.4, 0.5) is 0 Å². The van der Waals surface area contributed by atoms with Crippen LogP contribution < -0.4 is 0 Å². The van der Waals surface area contributed by atoms with Gasteiger partial charge in [-0.1, -0.05) is 6.92 Å². The van der Waals surface area contributed by atoms with Crippen LogP contribution in [0.2, 0.25) is 0 Å². The van der Waals surface area contributed by atoms with E-state index in [9.17, 15) is 5.11 Å². The predicted octanol–water partition coefficient (Wildman–Crippen LogP) is 3.36. The quantitative estimate of drug-likeness (QED) is 0.809. The molecule has 0 radical (unpaired) electrons. The molecule has 0 saturated heterocycles. The van der Waals surface area contributed by atoms with E-state index >= 15 is 0 Å². The Morgan fingerprint density at radius 2 is 2.36 bits per heavy atom. The Bertz CT molecular complexity index is 262. The van der Waals surface area contributed by atoms with E-state index in [4.69, 9.17) is 4.74 Å². The van der Waals surface area contributed by atoms with Gasteiger partial charge in [0, 0.05) is 29.0 Å². The van der Waals surface area contributed by atoms with E-state index in [1.165, 1.54) is 0 Å². The highest BCUT2D eigenvalue weighted by Gasteiger charge is 2.11. The lowest BCUT2D eigenvalue weighted by Crippen LogP contribution is -2.02. The van der Waals surface area contributed by atoms with Gasteiger partial charge in [-0.15, -0.1) is 11.3 Å². The smallest absolute Gasteiger partial charge is 0.0915 e. The average molecular weight is 279 g/mol. The van der Waals surface area contributed by atoms with Gasteiger partial charge in [-0.2, -0.15) is 0 Å².